The molecule has 0 N–H and O–H groups in total. The highest BCUT2D eigenvalue weighted by Crippen LogP contribution is 2.19. The van der Waals surface area contributed by atoms with Crippen molar-refractivity contribution in [3.63, 3.8) is 0 Å². The number of rotatable bonds is 4. The Morgan fingerprint density at radius 3 is 2.31 bits per heavy atom. The third-order valence-corrected chi connectivity index (χ3v) is 6.35. The van der Waals surface area contributed by atoms with Gasteiger partial charge in [-0.25, -0.2) is 8.42 Å². The summed E-state index contributed by atoms with van der Waals surface area (Å²) in [6, 6.07) is 14.1. The van der Waals surface area contributed by atoms with Gasteiger partial charge in [0, 0.05) is 36.9 Å². The van der Waals surface area contributed by atoms with Crippen LogP contribution in [0.25, 0.3) is 0 Å². The Morgan fingerprint density at radius 2 is 1.69 bits per heavy atom. The molecular weight excluding hydrogens is 372 g/mol. The van der Waals surface area contributed by atoms with Crippen LogP contribution in [0.15, 0.2) is 53.4 Å². The fourth-order valence-corrected chi connectivity index (χ4v) is 4.37. The Bertz CT molecular complexity index is 889. The summed E-state index contributed by atoms with van der Waals surface area (Å²) in [6.07, 6.45) is 0. The molecule has 3 rings (SSSR count). The zero-order chi connectivity index (χ0) is 18.7. The SMILES string of the molecule is Cc1cccc(N2CCN(C(=O)CS(=O)(=O)c3ccc(Cl)cc3)CC2)c1. The first-order valence-corrected chi connectivity index (χ1v) is 10.5. The fraction of sp³-hybridized carbons (Fsp3) is 0.316. The average molecular weight is 393 g/mol. The molecule has 26 heavy (non-hydrogen) atoms. The largest absolute Gasteiger partial charge is 0.368 e. The van der Waals surface area contributed by atoms with Crippen molar-refractivity contribution in [2.75, 3.05) is 36.8 Å². The second-order valence-corrected chi connectivity index (χ2v) is 8.85. The van der Waals surface area contributed by atoms with E-state index in [2.05, 4.69) is 17.0 Å². The van der Waals surface area contributed by atoms with Crippen molar-refractivity contribution in [2.24, 2.45) is 0 Å². The molecule has 0 bridgehead atoms. The van der Waals surface area contributed by atoms with E-state index >= 15 is 0 Å². The second-order valence-electron chi connectivity index (χ2n) is 6.42. The molecule has 0 aromatic heterocycles. The van der Waals surface area contributed by atoms with E-state index in [1.807, 2.05) is 19.1 Å². The van der Waals surface area contributed by atoms with Gasteiger partial charge in [0.05, 0.1) is 4.90 Å². The first-order valence-electron chi connectivity index (χ1n) is 8.43. The topological polar surface area (TPSA) is 57.7 Å². The lowest BCUT2D eigenvalue weighted by Gasteiger charge is -2.36. The van der Waals surface area contributed by atoms with Crippen LogP contribution < -0.4 is 4.90 Å². The van der Waals surface area contributed by atoms with Crippen LogP contribution in [0.5, 0.6) is 0 Å². The molecule has 2 aromatic carbocycles. The molecule has 1 aliphatic rings. The van der Waals surface area contributed by atoms with Gasteiger partial charge in [0.15, 0.2) is 9.84 Å². The van der Waals surface area contributed by atoms with Gasteiger partial charge >= 0.3 is 0 Å². The highest BCUT2D eigenvalue weighted by Gasteiger charge is 2.26. The van der Waals surface area contributed by atoms with E-state index in [4.69, 9.17) is 11.6 Å². The molecule has 0 saturated carbocycles. The lowest BCUT2D eigenvalue weighted by molar-refractivity contribution is -0.128. The molecule has 0 radical (unpaired) electrons. The van der Waals surface area contributed by atoms with Gasteiger partial charge in [-0.15, -0.1) is 0 Å². The maximum absolute atomic E-state index is 12.5. The van der Waals surface area contributed by atoms with Crippen LogP contribution in [0.1, 0.15) is 5.56 Å². The number of halogens is 1. The standard InChI is InChI=1S/C19H21ClN2O3S/c1-15-3-2-4-17(13-15)21-9-11-22(12-10-21)19(23)14-26(24,25)18-7-5-16(20)6-8-18/h2-8,13H,9-12,14H2,1H3. The van der Waals surface area contributed by atoms with Gasteiger partial charge in [-0.1, -0.05) is 23.7 Å². The minimum Gasteiger partial charge on any atom is -0.368 e. The summed E-state index contributed by atoms with van der Waals surface area (Å²) in [5, 5.41) is 0.461. The number of piperazine rings is 1. The van der Waals surface area contributed by atoms with Crippen molar-refractivity contribution in [2.45, 2.75) is 11.8 Å². The molecule has 1 amide bonds. The summed E-state index contributed by atoms with van der Waals surface area (Å²) in [6.45, 7) is 4.46. The van der Waals surface area contributed by atoms with Crippen LogP contribution in [0.2, 0.25) is 5.02 Å². The van der Waals surface area contributed by atoms with Crippen LogP contribution in [-0.4, -0.2) is 51.2 Å². The van der Waals surface area contributed by atoms with E-state index in [0.29, 0.717) is 31.2 Å². The van der Waals surface area contributed by atoms with Gasteiger partial charge in [0.25, 0.3) is 0 Å². The number of carbonyl (C=O) groups is 1. The molecule has 0 unspecified atom stereocenters. The Balaban J connectivity index is 1.61. The third kappa shape index (κ3) is 4.37. The van der Waals surface area contributed by atoms with Crippen molar-refractivity contribution < 1.29 is 13.2 Å². The van der Waals surface area contributed by atoms with Gasteiger partial charge in [-0.05, 0) is 48.9 Å². The number of nitrogens with zero attached hydrogens (tertiary/aromatic N) is 2. The minimum absolute atomic E-state index is 0.119. The third-order valence-electron chi connectivity index (χ3n) is 4.49. The Hall–Kier alpha value is -2.05. The van der Waals surface area contributed by atoms with Gasteiger partial charge < -0.3 is 9.80 Å². The molecule has 0 aliphatic carbocycles. The van der Waals surface area contributed by atoms with Crippen molar-refractivity contribution in [1.29, 1.82) is 0 Å². The first-order chi connectivity index (χ1) is 12.3. The van der Waals surface area contributed by atoms with Gasteiger partial charge in [-0.3, -0.25) is 4.79 Å². The summed E-state index contributed by atoms with van der Waals surface area (Å²) < 4.78 is 24.8. The summed E-state index contributed by atoms with van der Waals surface area (Å²) in [5.74, 6) is -0.872. The molecule has 5 nitrogen and oxygen atoms in total. The zero-order valence-corrected chi connectivity index (χ0v) is 16.1. The van der Waals surface area contributed by atoms with Gasteiger partial charge in [0.1, 0.15) is 5.75 Å². The van der Waals surface area contributed by atoms with E-state index in [1.165, 1.54) is 29.8 Å². The predicted octanol–water partition coefficient (Wildman–Crippen LogP) is 2.77. The van der Waals surface area contributed by atoms with Crippen LogP contribution in [0.3, 0.4) is 0 Å². The summed E-state index contributed by atoms with van der Waals surface area (Å²) in [5.41, 5.74) is 2.32. The van der Waals surface area contributed by atoms with Gasteiger partial charge in [0.2, 0.25) is 5.91 Å². The highest BCUT2D eigenvalue weighted by atomic mass is 35.5. The van der Waals surface area contributed by atoms with E-state index in [-0.39, 0.29) is 10.8 Å². The zero-order valence-electron chi connectivity index (χ0n) is 14.6. The summed E-state index contributed by atoms with van der Waals surface area (Å²) in [4.78, 5) is 16.4. The smallest absolute Gasteiger partial charge is 0.238 e. The molecule has 138 valence electrons. The maximum atomic E-state index is 12.5. The van der Waals surface area contributed by atoms with E-state index in [0.717, 1.165) is 5.69 Å². The van der Waals surface area contributed by atoms with Gasteiger partial charge in [-0.2, -0.15) is 0 Å². The molecular formula is C19H21ClN2O3S. The molecule has 0 spiro atoms. The number of anilines is 1. The molecule has 1 fully saturated rings. The minimum atomic E-state index is -3.66. The van der Waals surface area contributed by atoms with Crippen molar-refractivity contribution >= 4 is 33.0 Å². The molecule has 1 saturated heterocycles. The highest BCUT2D eigenvalue weighted by molar-refractivity contribution is 7.92. The monoisotopic (exact) mass is 392 g/mol. The second kappa shape index (κ2) is 7.68. The lowest BCUT2D eigenvalue weighted by Crippen LogP contribution is -2.50. The van der Waals surface area contributed by atoms with Crippen LogP contribution in [-0.2, 0) is 14.6 Å². The molecule has 1 heterocycles. The molecule has 7 heteroatoms. The molecule has 2 aromatic rings. The number of sulfone groups is 1. The van der Waals surface area contributed by atoms with Crippen molar-refractivity contribution in [1.82, 2.24) is 4.90 Å². The average Bonchev–Trinajstić information content (AvgIpc) is 2.62. The molecule has 1 aliphatic heterocycles. The Labute approximate surface area is 159 Å². The predicted molar refractivity (Wildman–Crippen MR) is 103 cm³/mol. The number of hydrogen-bond acceptors (Lipinski definition) is 4. The van der Waals surface area contributed by atoms with E-state index in [9.17, 15) is 13.2 Å². The van der Waals surface area contributed by atoms with E-state index in [1.54, 1.807) is 4.90 Å². The number of carbonyl (C=O) groups excluding carboxylic acids is 1. The van der Waals surface area contributed by atoms with Crippen molar-refractivity contribution in [3.8, 4) is 0 Å². The van der Waals surface area contributed by atoms with E-state index < -0.39 is 15.6 Å². The quantitative estimate of drug-likeness (QED) is 0.802. The number of benzene rings is 2. The first kappa shape index (κ1) is 18.7. The normalized spacial score (nSPS) is 15.2. The Morgan fingerprint density at radius 1 is 1.04 bits per heavy atom. The number of amides is 1. The summed E-state index contributed by atoms with van der Waals surface area (Å²) in [7, 11) is -3.66. The van der Waals surface area contributed by atoms with Crippen LogP contribution >= 0.6 is 11.6 Å². The fourth-order valence-electron chi connectivity index (χ4n) is 3.02. The summed E-state index contributed by atoms with van der Waals surface area (Å²) >= 11 is 5.79. The number of hydrogen-bond donors (Lipinski definition) is 0. The van der Waals surface area contributed by atoms with Crippen molar-refractivity contribution in [3.05, 3.63) is 59.1 Å². The van der Waals surface area contributed by atoms with Crippen LogP contribution in [0, 0.1) is 6.92 Å². The Kier molecular flexibility index (Phi) is 5.53. The molecule has 0 atom stereocenters. The lowest BCUT2D eigenvalue weighted by atomic mass is 10.2. The van der Waals surface area contributed by atoms with Crippen LogP contribution in [0.4, 0.5) is 5.69 Å². The number of aryl methyl sites for hydroxylation is 1. The maximum Gasteiger partial charge on any atom is 0.238 e.